The molecule has 0 aliphatic heterocycles. The Morgan fingerprint density at radius 3 is 2.90 bits per heavy atom. The van der Waals surface area contributed by atoms with E-state index in [9.17, 15) is 9.18 Å². The van der Waals surface area contributed by atoms with Gasteiger partial charge in [0.25, 0.3) is 5.91 Å². The van der Waals surface area contributed by atoms with Gasteiger partial charge in [-0.05, 0) is 43.4 Å². The summed E-state index contributed by atoms with van der Waals surface area (Å²) < 4.78 is 13.6. The molecule has 20 heavy (non-hydrogen) atoms. The Morgan fingerprint density at radius 2 is 2.30 bits per heavy atom. The molecular weight excluding hydrogens is 321 g/mol. The number of benzene rings is 1. The van der Waals surface area contributed by atoms with Crippen LogP contribution >= 0.6 is 15.9 Å². The van der Waals surface area contributed by atoms with Gasteiger partial charge in [0.05, 0.1) is 5.54 Å². The van der Waals surface area contributed by atoms with Gasteiger partial charge in [0.2, 0.25) is 0 Å². The summed E-state index contributed by atoms with van der Waals surface area (Å²) in [6.07, 6.45) is 4.28. The molecule has 2 rings (SSSR count). The first kappa shape index (κ1) is 15.5. The van der Waals surface area contributed by atoms with Crippen molar-refractivity contribution in [3.8, 4) is 0 Å². The van der Waals surface area contributed by atoms with Crippen molar-refractivity contribution in [2.45, 2.75) is 45.1 Å². The first-order chi connectivity index (χ1) is 9.46. The lowest BCUT2D eigenvalue weighted by Crippen LogP contribution is -2.52. The minimum Gasteiger partial charge on any atom is -0.346 e. The van der Waals surface area contributed by atoms with E-state index in [4.69, 9.17) is 0 Å². The largest absolute Gasteiger partial charge is 0.346 e. The van der Waals surface area contributed by atoms with Gasteiger partial charge in [0, 0.05) is 10.9 Å². The standard InChI is InChI=1S/C16H21BrFNO/c1-11-4-3-7-16(9-11,10-17)19-15(20)13-6-5-12(2)14(18)8-13/h5-6,8,11H,3-4,7,9-10H2,1-2H3,(H,19,20). The van der Waals surface area contributed by atoms with Gasteiger partial charge in [-0.15, -0.1) is 0 Å². The molecule has 2 unspecified atom stereocenters. The third-order valence-corrected chi connectivity index (χ3v) is 5.23. The summed E-state index contributed by atoms with van der Waals surface area (Å²) in [6.45, 7) is 3.91. The Morgan fingerprint density at radius 1 is 1.55 bits per heavy atom. The molecular formula is C16H21BrFNO. The van der Waals surface area contributed by atoms with E-state index in [1.165, 1.54) is 12.5 Å². The third-order valence-electron chi connectivity index (χ3n) is 4.16. The summed E-state index contributed by atoms with van der Waals surface area (Å²) in [5.41, 5.74) is 0.755. The fraction of sp³-hybridized carbons (Fsp3) is 0.562. The Bertz CT molecular complexity index is 505. The predicted octanol–water partition coefficient (Wildman–Crippen LogP) is 4.21. The monoisotopic (exact) mass is 341 g/mol. The molecule has 1 aliphatic carbocycles. The molecule has 2 nitrogen and oxygen atoms in total. The number of halogens is 2. The van der Waals surface area contributed by atoms with Crippen LogP contribution in [0.3, 0.4) is 0 Å². The molecule has 110 valence electrons. The maximum absolute atomic E-state index is 13.6. The zero-order valence-corrected chi connectivity index (χ0v) is 13.6. The van der Waals surface area contributed by atoms with Gasteiger partial charge in [0.1, 0.15) is 5.82 Å². The highest BCUT2D eigenvalue weighted by Gasteiger charge is 2.35. The lowest BCUT2D eigenvalue weighted by molar-refractivity contribution is 0.0869. The molecule has 0 heterocycles. The second kappa shape index (κ2) is 6.25. The Labute approximate surface area is 128 Å². The summed E-state index contributed by atoms with van der Waals surface area (Å²) in [5.74, 6) is 0.0939. The quantitative estimate of drug-likeness (QED) is 0.820. The van der Waals surface area contributed by atoms with Crippen molar-refractivity contribution in [1.29, 1.82) is 0 Å². The molecule has 4 heteroatoms. The SMILES string of the molecule is Cc1ccc(C(=O)NC2(CBr)CCCC(C)C2)cc1F. The van der Waals surface area contributed by atoms with Crippen LogP contribution < -0.4 is 5.32 Å². The summed E-state index contributed by atoms with van der Waals surface area (Å²) >= 11 is 3.53. The van der Waals surface area contributed by atoms with E-state index >= 15 is 0 Å². The number of alkyl halides is 1. The van der Waals surface area contributed by atoms with Crippen LogP contribution in [0.5, 0.6) is 0 Å². The predicted molar refractivity (Wildman–Crippen MR) is 82.8 cm³/mol. The van der Waals surface area contributed by atoms with Gasteiger partial charge in [-0.1, -0.05) is 41.8 Å². The van der Waals surface area contributed by atoms with Crippen molar-refractivity contribution in [2.24, 2.45) is 5.92 Å². The van der Waals surface area contributed by atoms with E-state index in [1.807, 2.05) is 0 Å². The molecule has 1 fully saturated rings. The molecule has 2 atom stereocenters. The van der Waals surface area contributed by atoms with Crippen LogP contribution in [0, 0.1) is 18.7 Å². The van der Waals surface area contributed by atoms with E-state index < -0.39 is 0 Å². The zero-order chi connectivity index (χ0) is 14.8. The first-order valence-corrected chi connectivity index (χ1v) is 8.22. The average Bonchev–Trinajstić information content (AvgIpc) is 2.41. The lowest BCUT2D eigenvalue weighted by Gasteiger charge is -2.39. The second-order valence-electron chi connectivity index (χ2n) is 6.03. The van der Waals surface area contributed by atoms with Crippen molar-refractivity contribution >= 4 is 21.8 Å². The minimum atomic E-state index is -0.331. The van der Waals surface area contributed by atoms with Gasteiger partial charge in [0.15, 0.2) is 0 Å². The van der Waals surface area contributed by atoms with E-state index in [0.29, 0.717) is 17.0 Å². The van der Waals surface area contributed by atoms with Crippen LogP contribution in [-0.2, 0) is 0 Å². The van der Waals surface area contributed by atoms with Gasteiger partial charge in [-0.2, -0.15) is 0 Å². The molecule has 1 aromatic rings. The Hall–Kier alpha value is -0.900. The highest BCUT2D eigenvalue weighted by Crippen LogP contribution is 2.33. The number of carbonyl (C=O) groups excluding carboxylic acids is 1. The van der Waals surface area contributed by atoms with Gasteiger partial charge in [-0.25, -0.2) is 4.39 Å². The summed E-state index contributed by atoms with van der Waals surface area (Å²) in [4.78, 5) is 12.3. The van der Waals surface area contributed by atoms with Crippen LogP contribution in [0.2, 0.25) is 0 Å². The fourth-order valence-corrected chi connectivity index (χ4v) is 3.62. The summed E-state index contributed by atoms with van der Waals surface area (Å²) in [7, 11) is 0. The Kier molecular flexibility index (Phi) is 4.84. The zero-order valence-electron chi connectivity index (χ0n) is 12.0. The Balaban J connectivity index is 2.14. The molecule has 1 aliphatic rings. The molecule has 1 aromatic carbocycles. The lowest BCUT2D eigenvalue weighted by atomic mass is 9.77. The smallest absolute Gasteiger partial charge is 0.251 e. The van der Waals surface area contributed by atoms with Crippen LogP contribution in [0.1, 0.15) is 48.5 Å². The molecule has 0 radical (unpaired) electrons. The molecule has 1 N–H and O–H groups in total. The molecule has 1 saturated carbocycles. The summed E-state index contributed by atoms with van der Waals surface area (Å²) in [6, 6.07) is 4.65. The molecule has 1 amide bonds. The number of nitrogens with one attached hydrogen (secondary N) is 1. The van der Waals surface area contributed by atoms with Gasteiger partial charge >= 0.3 is 0 Å². The number of rotatable bonds is 3. The number of carbonyl (C=O) groups is 1. The van der Waals surface area contributed by atoms with Crippen LogP contribution in [0.4, 0.5) is 4.39 Å². The van der Waals surface area contributed by atoms with Crippen molar-refractivity contribution < 1.29 is 9.18 Å². The fourth-order valence-electron chi connectivity index (χ4n) is 2.98. The van der Waals surface area contributed by atoms with Crippen molar-refractivity contribution in [1.82, 2.24) is 5.32 Å². The van der Waals surface area contributed by atoms with E-state index in [1.54, 1.807) is 19.1 Å². The van der Waals surface area contributed by atoms with E-state index in [-0.39, 0.29) is 17.3 Å². The molecule has 0 spiro atoms. The highest BCUT2D eigenvalue weighted by atomic mass is 79.9. The van der Waals surface area contributed by atoms with E-state index in [0.717, 1.165) is 24.6 Å². The van der Waals surface area contributed by atoms with Crippen LogP contribution in [-0.4, -0.2) is 16.8 Å². The molecule has 0 aromatic heterocycles. The van der Waals surface area contributed by atoms with Crippen molar-refractivity contribution in [2.75, 3.05) is 5.33 Å². The average molecular weight is 342 g/mol. The van der Waals surface area contributed by atoms with Crippen LogP contribution in [0.15, 0.2) is 18.2 Å². The van der Waals surface area contributed by atoms with Crippen molar-refractivity contribution in [3.05, 3.63) is 35.1 Å². The van der Waals surface area contributed by atoms with Crippen molar-refractivity contribution in [3.63, 3.8) is 0 Å². The maximum atomic E-state index is 13.6. The topological polar surface area (TPSA) is 29.1 Å². The minimum absolute atomic E-state index is 0.183. The number of hydrogen-bond donors (Lipinski definition) is 1. The first-order valence-electron chi connectivity index (χ1n) is 7.10. The molecule has 0 saturated heterocycles. The number of hydrogen-bond acceptors (Lipinski definition) is 1. The second-order valence-corrected chi connectivity index (χ2v) is 6.59. The van der Waals surface area contributed by atoms with Gasteiger partial charge in [-0.3, -0.25) is 4.79 Å². The normalized spacial score (nSPS) is 26.3. The highest BCUT2D eigenvalue weighted by molar-refractivity contribution is 9.09. The molecule has 0 bridgehead atoms. The maximum Gasteiger partial charge on any atom is 0.251 e. The summed E-state index contributed by atoms with van der Waals surface area (Å²) in [5, 5.41) is 3.86. The van der Waals surface area contributed by atoms with Crippen LogP contribution in [0.25, 0.3) is 0 Å². The van der Waals surface area contributed by atoms with E-state index in [2.05, 4.69) is 28.2 Å². The number of amides is 1. The third kappa shape index (κ3) is 3.40. The number of aryl methyl sites for hydroxylation is 1. The van der Waals surface area contributed by atoms with Gasteiger partial charge < -0.3 is 5.32 Å².